The summed E-state index contributed by atoms with van der Waals surface area (Å²) in [4.78, 5) is 13.8. The second kappa shape index (κ2) is 5.47. The summed E-state index contributed by atoms with van der Waals surface area (Å²) in [6, 6.07) is 0. The van der Waals surface area contributed by atoms with Crippen LogP contribution in [0.4, 0.5) is 0 Å². The SMILES string of the molecule is CC(C)(C)CNC(=O)CN1CCNCC1. The molecule has 0 atom stereocenters. The number of hydrogen-bond donors (Lipinski definition) is 2. The Kier molecular flexibility index (Phi) is 4.54. The van der Waals surface area contributed by atoms with Crippen LogP contribution in [-0.2, 0) is 4.79 Å². The lowest BCUT2D eigenvalue weighted by Crippen LogP contribution is -2.48. The van der Waals surface area contributed by atoms with E-state index in [2.05, 4.69) is 36.3 Å². The molecule has 0 aromatic carbocycles. The quantitative estimate of drug-likeness (QED) is 0.696. The Morgan fingerprint density at radius 2 is 1.93 bits per heavy atom. The van der Waals surface area contributed by atoms with Crippen molar-refractivity contribution in [2.75, 3.05) is 39.3 Å². The van der Waals surface area contributed by atoms with Gasteiger partial charge in [-0.2, -0.15) is 0 Å². The maximum atomic E-state index is 11.6. The summed E-state index contributed by atoms with van der Waals surface area (Å²) in [7, 11) is 0. The highest BCUT2D eigenvalue weighted by Gasteiger charge is 2.15. The molecule has 1 amide bonds. The second-order valence-electron chi connectivity index (χ2n) is 5.36. The fourth-order valence-electron chi connectivity index (χ4n) is 1.49. The molecule has 4 heteroatoms. The number of nitrogens with zero attached hydrogens (tertiary/aromatic N) is 1. The first-order chi connectivity index (χ1) is 6.97. The van der Waals surface area contributed by atoms with Crippen molar-refractivity contribution < 1.29 is 4.79 Å². The highest BCUT2D eigenvalue weighted by atomic mass is 16.2. The molecule has 1 fully saturated rings. The van der Waals surface area contributed by atoms with E-state index in [1.54, 1.807) is 0 Å². The summed E-state index contributed by atoms with van der Waals surface area (Å²) in [5.74, 6) is 0.145. The van der Waals surface area contributed by atoms with E-state index in [0.29, 0.717) is 6.54 Å². The first-order valence-corrected chi connectivity index (χ1v) is 5.67. The first kappa shape index (κ1) is 12.5. The Balaban J connectivity index is 2.17. The molecule has 0 radical (unpaired) electrons. The minimum Gasteiger partial charge on any atom is -0.354 e. The number of hydrogen-bond acceptors (Lipinski definition) is 3. The van der Waals surface area contributed by atoms with Crippen LogP contribution < -0.4 is 10.6 Å². The van der Waals surface area contributed by atoms with Gasteiger partial charge in [-0.1, -0.05) is 20.8 Å². The molecule has 1 aliphatic heterocycles. The highest BCUT2D eigenvalue weighted by molar-refractivity contribution is 5.78. The number of rotatable bonds is 3. The van der Waals surface area contributed by atoms with Crippen molar-refractivity contribution in [3.05, 3.63) is 0 Å². The van der Waals surface area contributed by atoms with Crippen molar-refractivity contribution in [2.45, 2.75) is 20.8 Å². The summed E-state index contributed by atoms with van der Waals surface area (Å²) >= 11 is 0. The lowest BCUT2D eigenvalue weighted by molar-refractivity contribution is -0.122. The molecule has 0 unspecified atom stereocenters. The molecular weight excluding hydrogens is 190 g/mol. The topological polar surface area (TPSA) is 44.4 Å². The maximum absolute atomic E-state index is 11.6. The third-order valence-electron chi connectivity index (χ3n) is 2.39. The smallest absolute Gasteiger partial charge is 0.234 e. The van der Waals surface area contributed by atoms with Gasteiger partial charge in [0, 0.05) is 32.7 Å². The van der Waals surface area contributed by atoms with Crippen LogP contribution in [0.5, 0.6) is 0 Å². The minimum absolute atomic E-state index is 0.145. The van der Waals surface area contributed by atoms with E-state index < -0.39 is 0 Å². The Labute approximate surface area is 92.4 Å². The Morgan fingerprint density at radius 1 is 1.33 bits per heavy atom. The van der Waals surface area contributed by atoms with Crippen molar-refractivity contribution in [2.24, 2.45) is 5.41 Å². The van der Waals surface area contributed by atoms with Crippen molar-refractivity contribution in [1.82, 2.24) is 15.5 Å². The number of piperazine rings is 1. The second-order valence-corrected chi connectivity index (χ2v) is 5.36. The van der Waals surface area contributed by atoms with Crippen LogP contribution in [0.2, 0.25) is 0 Å². The Bertz CT molecular complexity index is 204. The fourth-order valence-corrected chi connectivity index (χ4v) is 1.49. The minimum atomic E-state index is 0.145. The molecule has 1 saturated heterocycles. The van der Waals surface area contributed by atoms with Crippen molar-refractivity contribution in [3.8, 4) is 0 Å². The van der Waals surface area contributed by atoms with Gasteiger partial charge in [-0.25, -0.2) is 0 Å². The standard InChI is InChI=1S/C11H23N3O/c1-11(2,3)9-13-10(15)8-14-6-4-12-5-7-14/h12H,4-9H2,1-3H3,(H,13,15). The molecule has 15 heavy (non-hydrogen) atoms. The van der Waals surface area contributed by atoms with Gasteiger partial charge in [0.05, 0.1) is 6.54 Å². The van der Waals surface area contributed by atoms with Crippen molar-refractivity contribution in [3.63, 3.8) is 0 Å². The van der Waals surface area contributed by atoms with E-state index in [0.717, 1.165) is 32.7 Å². The predicted octanol–water partition coefficient (Wildman–Crippen LogP) is 0.0539. The molecule has 4 nitrogen and oxygen atoms in total. The maximum Gasteiger partial charge on any atom is 0.234 e. The van der Waals surface area contributed by atoms with Gasteiger partial charge < -0.3 is 10.6 Å². The van der Waals surface area contributed by atoms with Gasteiger partial charge in [0.15, 0.2) is 0 Å². The molecule has 0 aromatic rings. The molecule has 2 N–H and O–H groups in total. The number of carbonyl (C=O) groups is 1. The summed E-state index contributed by atoms with van der Waals surface area (Å²) in [5, 5.41) is 6.24. The van der Waals surface area contributed by atoms with E-state index in [1.807, 2.05) is 0 Å². The summed E-state index contributed by atoms with van der Waals surface area (Å²) in [6.45, 7) is 11.6. The molecule has 1 rings (SSSR count). The zero-order valence-electron chi connectivity index (χ0n) is 10.1. The van der Waals surface area contributed by atoms with Gasteiger partial charge in [-0.15, -0.1) is 0 Å². The summed E-state index contributed by atoms with van der Waals surface area (Å²) < 4.78 is 0. The van der Waals surface area contributed by atoms with Gasteiger partial charge in [-0.3, -0.25) is 9.69 Å². The van der Waals surface area contributed by atoms with E-state index in [-0.39, 0.29) is 11.3 Å². The molecule has 0 bridgehead atoms. The zero-order chi connectivity index (χ0) is 11.3. The van der Waals surface area contributed by atoms with E-state index in [4.69, 9.17) is 0 Å². The van der Waals surface area contributed by atoms with E-state index >= 15 is 0 Å². The van der Waals surface area contributed by atoms with Crippen LogP contribution in [0.3, 0.4) is 0 Å². The average molecular weight is 213 g/mol. The molecule has 1 heterocycles. The monoisotopic (exact) mass is 213 g/mol. The summed E-state index contributed by atoms with van der Waals surface area (Å²) in [5.41, 5.74) is 0.166. The van der Waals surface area contributed by atoms with E-state index in [1.165, 1.54) is 0 Å². The number of amides is 1. The lowest BCUT2D eigenvalue weighted by atomic mass is 9.97. The zero-order valence-corrected chi connectivity index (χ0v) is 10.1. The van der Waals surface area contributed by atoms with Crippen molar-refractivity contribution >= 4 is 5.91 Å². The number of carbonyl (C=O) groups excluding carboxylic acids is 1. The summed E-state index contributed by atoms with van der Waals surface area (Å²) in [6.07, 6.45) is 0. The van der Waals surface area contributed by atoms with Crippen LogP contribution in [-0.4, -0.2) is 50.1 Å². The Morgan fingerprint density at radius 3 is 2.47 bits per heavy atom. The van der Waals surface area contributed by atoms with Crippen molar-refractivity contribution in [1.29, 1.82) is 0 Å². The van der Waals surface area contributed by atoms with E-state index in [9.17, 15) is 4.79 Å². The van der Waals surface area contributed by atoms with Gasteiger partial charge in [0.1, 0.15) is 0 Å². The highest BCUT2D eigenvalue weighted by Crippen LogP contribution is 2.09. The Hall–Kier alpha value is -0.610. The largest absolute Gasteiger partial charge is 0.354 e. The molecule has 0 saturated carbocycles. The normalized spacial score (nSPS) is 18.9. The van der Waals surface area contributed by atoms with Crippen LogP contribution in [0.15, 0.2) is 0 Å². The molecule has 1 aliphatic rings. The third-order valence-corrected chi connectivity index (χ3v) is 2.39. The molecule has 88 valence electrons. The third kappa shape index (κ3) is 5.74. The van der Waals surface area contributed by atoms with Crippen LogP contribution in [0, 0.1) is 5.41 Å². The lowest BCUT2D eigenvalue weighted by Gasteiger charge is -2.27. The average Bonchev–Trinajstić information content (AvgIpc) is 2.15. The van der Waals surface area contributed by atoms with Gasteiger partial charge >= 0.3 is 0 Å². The van der Waals surface area contributed by atoms with Gasteiger partial charge in [0.2, 0.25) is 5.91 Å². The predicted molar refractivity (Wildman–Crippen MR) is 61.8 cm³/mol. The van der Waals surface area contributed by atoms with Crippen LogP contribution in [0.1, 0.15) is 20.8 Å². The first-order valence-electron chi connectivity index (χ1n) is 5.67. The number of nitrogens with one attached hydrogen (secondary N) is 2. The fraction of sp³-hybridized carbons (Fsp3) is 0.909. The van der Waals surface area contributed by atoms with Crippen LogP contribution >= 0.6 is 0 Å². The van der Waals surface area contributed by atoms with Crippen LogP contribution in [0.25, 0.3) is 0 Å². The molecular formula is C11H23N3O. The van der Waals surface area contributed by atoms with Gasteiger partial charge in [-0.05, 0) is 5.41 Å². The molecule has 0 aliphatic carbocycles. The molecule has 0 aromatic heterocycles. The van der Waals surface area contributed by atoms with Gasteiger partial charge in [0.25, 0.3) is 0 Å². The molecule has 0 spiro atoms.